The van der Waals surface area contributed by atoms with Crippen molar-refractivity contribution < 1.29 is 23.1 Å². The lowest BCUT2D eigenvalue weighted by Gasteiger charge is -2.36. The van der Waals surface area contributed by atoms with Gasteiger partial charge in [0, 0.05) is 45.1 Å². The number of alkyl halides is 3. The van der Waals surface area contributed by atoms with E-state index >= 15 is 0 Å². The molecule has 3 aromatic rings. The molecule has 3 atom stereocenters. The predicted octanol–water partition coefficient (Wildman–Crippen LogP) is 3.67. The topological polar surface area (TPSA) is 99.4 Å². The fraction of sp³-hybridized carbons (Fsp3) is 0.462. The Morgan fingerprint density at radius 3 is 2.68 bits per heavy atom. The minimum atomic E-state index is -4.51. The number of halogens is 3. The Morgan fingerprint density at radius 2 is 1.97 bits per heavy atom. The highest BCUT2D eigenvalue weighted by atomic mass is 19.4. The van der Waals surface area contributed by atoms with Gasteiger partial charge in [-0.05, 0) is 49.5 Å². The molecule has 38 heavy (non-hydrogen) atoms. The van der Waals surface area contributed by atoms with Crippen molar-refractivity contribution in [2.45, 2.75) is 50.0 Å². The monoisotopic (exact) mass is 529 g/mol. The zero-order chi connectivity index (χ0) is 27.0. The highest BCUT2D eigenvalue weighted by Crippen LogP contribution is 2.34. The summed E-state index contributed by atoms with van der Waals surface area (Å²) in [6.07, 6.45) is 0.940. The number of nitrogens with one attached hydrogen (secondary N) is 1. The van der Waals surface area contributed by atoms with E-state index in [4.69, 9.17) is 4.98 Å². The maximum absolute atomic E-state index is 12.8. The summed E-state index contributed by atoms with van der Waals surface area (Å²) in [5.41, 5.74) is 1.80. The van der Waals surface area contributed by atoms with Crippen LogP contribution in [0.1, 0.15) is 42.9 Å². The number of hydrogen-bond donors (Lipinski definition) is 2. The molecule has 0 bridgehead atoms. The van der Waals surface area contributed by atoms with E-state index in [1.54, 1.807) is 0 Å². The summed E-state index contributed by atoms with van der Waals surface area (Å²) in [5.74, 6) is 0.658. The van der Waals surface area contributed by atoms with E-state index in [1.807, 2.05) is 39.6 Å². The number of piperidine rings is 2. The first-order valence-corrected chi connectivity index (χ1v) is 12.6. The summed E-state index contributed by atoms with van der Waals surface area (Å²) in [6, 6.07) is 5.72. The van der Waals surface area contributed by atoms with Gasteiger partial charge >= 0.3 is 6.18 Å². The minimum absolute atomic E-state index is 0.0294. The van der Waals surface area contributed by atoms with E-state index in [1.165, 1.54) is 6.08 Å². The van der Waals surface area contributed by atoms with Crippen LogP contribution in [0.15, 0.2) is 43.2 Å². The van der Waals surface area contributed by atoms with Crippen molar-refractivity contribution in [3.05, 3.63) is 54.4 Å². The van der Waals surface area contributed by atoms with Gasteiger partial charge in [0.15, 0.2) is 0 Å². The van der Waals surface area contributed by atoms with Gasteiger partial charge < -0.3 is 24.8 Å². The number of aliphatic hydroxyl groups is 1. The Balaban J connectivity index is 1.36. The number of aliphatic hydroxyl groups excluding tert-OH is 1. The number of carbonyl (C=O) groups excluding carboxylic acids is 1. The van der Waals surface area contributed by atoms with Crippen LogP contribution in [0.4, 0.5) is 25.1 Å². The summed E-state index contributed by atoms with van der Waals surface area (Å²) in [6.45, 7) is 5.16. The molecule has 2 fully saturated rings. The fourth-order valence-corrected chi connectivity index (χ4v) is 5.43. The maximum atomic E-state index is 12.8. The fourth-order valence-electron chi connectivity index (χ4n) is 5.43. The van der Waals surface area contributed by atoms with Crippen molar-refractivity contribution in [3.63, 3.8) is 0 Å². The number of anilines is 2. The van der Waals surface area contributed by atoms with E-state index in [-0.39, 0.29) is 23.9 Å². The van der Waals surface area contributed by atoms with Crippen LogP contribution in [0, 0.1) is 0 Å². The summed E-state index contributed by atoms with van der Waals surface area (Å²) >= 11 is 0. The highest BCUT2D eigenvalue weighted by Gasteiger charge is 2.33. The summed E-state index contributed by atoms with van der Waals surface area (Å²) < 4.78 is 40.4. The molecule has 0 radical (unpaired) electrons. The standard InChI is InChI=1S/C26H30F3N7O2/c1-3-23(38)36-9-5-4-6-21(36)16-7-8-22-20(10-16)33-25(34(22)2)35-14-18(11-19(37)15-35)32-24-30-12-17(13-31-24)26(27,28)29/h3,7-8,10,12-13,18-19,21,37H,1,4-6,9,11,14-15H2,2H3,(H,30,31,32)/t18-,19-,21?/m1/s1. The number of benzene rings is 1. The second-order valence-corrected chi connectivity index (χ2v) is 9.90. The molecule has 1 aromatic carbocycles. The van der Waals surface area contributed by atoms with Gasteiger partial charge in [-0.2, -0.15) is 13.2 Å². The van der Waals surface area contributed by atoms with Crippen molar-refractivity contribution in [1.82, 2.24) is 24.4 Å². The molecule has 12 heteroatoms. The molecule has 0 saturated carbocycles. The van der Waals surface area contributed by atoms with Gasteiger partial charge in [-0.25, -0.2) is 15.0 Å². The molecule has 2 N–H and O–H groups in total. The SMILES string of the molecule is C=CC(=O)N1CCCCC1c1ccc2c(c1)nc(N1C[C@H](O)C[C@@H](Nc3ncc(C(F)(F)F)cn3)C1)n2C. The molecule has 202 valence electrons. The average molecular weight is 530 g/mol. The van der Waals surface area contributed by atoms with Gasteiger partial charge in [-0.3, -0.25) is 4.79 Å². The number of rotatable bonds is 5. The molecule has 2 aliphatic heterocycles. The van der Waals surface area contributed by atoms with Crippen molar-refractivity contribution >= 4 is 28.8 Å². The molecule has 2 aromatic heterocycles. The van der Waals surface area contributed by atoms with Crippen molar-refractivity contribution in [2.24, 2.45) is 7.05 Å². The second-order valence-electron chi connectivity index (χ2n) is 9.90. The molecule has 1 amide bonds. The number of hydrogen-bond acceptors (Lipinski definition) is 7. The lowest BCUT2D eigenvalue weighted by molar-refractivity contribution is -0.138. The number of carbonyl (C=O) groups is 1. The van der Waals surface area contributed by atoms with E-state index in [0.29, 0.717) is 32.0 Å². The van der Waals surface area contributed by atoms with Crippen LogP contribution in [-0.4, -0.2) is 67.2 Å². The number of β-amino-alcohol motifs (C(OH)–C–C–N with tert-alkyl or cyclic N) is 1. The van der Waals surface area contributed by atoms with E-state index in [2.05, 4.69) is 21.9 Å². The third-order valence-corrected chi connectivity index (χ3v) is 7.25. The summed E-state index contributed by atoms with van der Waals surface area (Å²) in [7, 11) is 1.90. The molecule has 9 nitrogen and oxygen atoms in total. The first kappa shape index (κ1) is 26.0. The molecule has 0 aliphatic carbocycles. The third kappa shape index (κ3) is 5.17. The molecular formula is C26H30F3N7O2. The number of aromatic nitrogens is 4. The summed E-state index contributed by atoms with van der Waals surface area (Å²) in [5, 5.41) is 13.6. The number of aryl methyl sites for hydroxylation is 1. The molecule has 2 saturated heterocycles. The van der Waals surface area contributed by atoms with Gasteiger partial charge in [0.25, 0.3) is 0 Å². The van der Waals surface area contributed by atoms with Crippen molar-refractivity contribution in [1.29, 1.82) is 0 Å². The largest absolute Gasteiger partial charge is 0.419 e. The lowest BCUT2D eigenvalue weighted by Crippen LogP contribution is -2.49. The smallest absolute Gasteiger partial charge is 0.391 e. The Kier molecular flexibility index (Phi) is 6.99. The second kappa shape index (κ2) is 10.2. The number of imidazole rings is 1. The van der Waals surface area contributed by atoms with Crippen LogP contribution >= 0.6 is 0 Å². The van der Waals surface area contributed by atoms with E-state index in [0.717, 1.165) is 48.3 Å². The van der Waals surface area contributed by atoms with Crippen molar-refractivity contribution in [3.8, 4) is 0 Å². The zero-order valence-electron chi connectivity index (χ0n) is 21.0. The number of fused-ring (bicyclic) bond motifs is 1. The molecular weight excluding hydrogens is 499 g/mol. The highest BCUT2D eigenvalue weighted by molar-refractivity contribution is 5.87. The molecule has 0 spiro atoms. The average Bonchev–Trinajstić information content (AvgIpc) is 3.23. The minimum Gasteiger partial charge on any atom is -0.391 e. The Hall–Kier alpha value is -3.67. The first-order valence-electron chi connectivity index (χ1n) is 12.6. The lowest BCUT2D eigenvalue weighted by atomic mass is 9.95. The van der Waals surface area contributed by atoms with Gasteiger partial charge in [0.2, 0.25) is 17.8 Å². The van der Waals surface area contributed by atoms with Crippen LogP contribution in [-0.2, 0) is 18.0 Å². The van der Waals surface area contributed by atoms with Crippen LogP contribution in [0.5, 0.6) is 0 Å². The van der Waals surface area contributed by atoms with Gasteiger partial charge in [-0.15, -0.1) is 0 Å². The Labute approximate surface area is 218 Å². The van der Waals surface area contributed by atoms with Gasteiger partial charge in [0.1, 0.15) is 0 Å². The third-order valence-electron chi connectivity index (χ3n) is 7.25. The Bertz CT molecular complexity index is 1320. The number of likely N-dealkylation sites (tertiary alicyclic amines) is 1. The number of amides is 1. The van der Waals surface area contributed by atoms with E-state index in [9.17, 15) is 23.1 Å². The molecule has 2 aliphatic rings. The van der Waals surface area contributed by atoms with Gasteiger partial charge in [0.05, 0.1) is 28.7 Å². The zero-order valence-corrected chi connectivity index (χ0v) is 21.0. The maximum Gasteiger partial charge on any atom is 0.419 e. The summed E-state index contributed by atoms with van der Waals surface area (Å²) in [4.78, 5) is 28.7. The first-order chi connectivity index (χ1) is 18.1. The predicted molar refractivity (Wildman–Crippen MR) is 136 cm³/mol. The molecule has 5 rings (SSSR count). The quantitative estimate of drug-likeness (QED) is 0.487. The van der Waals surface area contributed by atoms with E-state index < -0.39 is 17.8 Å². The van der Waals surface area contributed by atoms with Crippen LogP contribution in [0.25, 0.3) is 11.0 Å². The van der Waals surface area contributed by atoms with Crippen molar-refractivity contribution in [2.75, 3.05) is 29.9 Å². The normalized spacial score (nSPS) is 22.5. The number of nitrogens with zero attached hydrogens (tertiary/aromatic N) is 6. The van der Waals surface area contributed by atoms with Gasteiger partial charge in [-0.1, -0.05) is 12.6 Å². The van der Waals surface area contributed by atoms with Crippen LogP contribution < -0.4 is 10.2 Å². The molecule has 1 unspecified atom stereocenters. The van der Waals surface area contributed by atoms with Crippen LogP contribution in [0.2, 0.25) is 0 Å². The molecule has 4 heterocycles. The Morgan fingerprint density at radius 1 is 1.21 bits per heavy atom. The van der Waals surface area contributed by atoms with Crippen LogP contribution in [0.3, 0.4) is 0 Å².